The van der Waals surface area contributed by atoms with E-state index in [9.17, 15) is 10.1 Å². The van der Waals surface area contributed by atoms with Crippen molar-refractivity contribution in [1.82, 2.24) is 0 Å². The number of nitro groups is 1. The van der Waals surface area contributed by atoms with Gasteiger partial charge in [-0.3, -0.25) is 10.1 Å². The first-order valence-electron chi connectivity index (χ1n) is 6.58. The van der Waals surface area contributed by atoms with E-state index in [0.29, 0.717) is 12.4 Å². The van der Waals surface area contributed by atoms with E-state index < -0.39 is 4.92 Å². The first-order chi connectivity index (χ1) is 9.66. The monoisotopic (exact) mass is 271 g/mol. The van der Waals surface area contributed by atoms with E-state index in [4.69, 9.17) is 4.74 Å². The lowest BCUT2D eigenvalue weighted by atomic mass is 10.1. The summed E-state index contributed by atoms with van der Waals surface area (Å²) in [5, 5.41) is 11.0. The molecule has 2 aromatic rings. The third-order valence-corrected chi connectivity index (χ3v) is 3.02. The van der Waals surface area contributed by atoms with Gasteiger partial charge in [-0.05, 0) is 37.0 Å². The average molecular weight is 271 g/mol. The van der Waals surface area contributed by atoms with Gasteiger partial charge in [0, 0.05) is 6.07 Å². The molecule has 0 spiro atoms. The van der Waals surface area contributed by atoms with Crippen LogP contribution in [0.5, 0.6) is 5.75 Å². The van der Waals surface area contributed by atoms with Gasteiger partial charge in [-0.15, -0.1) is 0 Å². The molecule has 0 amide bonds. The zero-order chi connectivity index (χ0) is 14.4. The molecule has 0 N–H and O–H groups in total. The SMILES string of the molecule is Cc1ccc(OCCCc2ccccc2)c([N+](=O)[O-])c1. The van der Waals surface area contributed by atoms with Gasteiger partial charge in [-0.2, -0.15) is 0 Å². The highest BCUT2D eigenvalue weighted by molar-refractivity contribution is 5.48. The molecule has 0 heterocycles. The van der Waals surface area contributed by atoms with Crippen molar-refractivity contribution in [2.45, 2.75) is 19.8 Å². The molecule has 0 saturated carbocycles. The Morgan fingerprint density at radius 3 is 2.60 bits per heavy atom. The molecule has 0 atom stereocenters. The largest absolute Gasteiger partial charge is 0.487 e. The molecular weight excluding hydrogens is 254 g/mol. The van der Waals surface area contributed by atoms with E-state index in [2.05, 4.69) is 12.1 Å². The number of hydrogen-bond donors (Lipinski definition) is 0. The van der Waals surface area contributed by atoms with Gasteiger partial charge < -0.3 is 4.74 Å². The maximum Gasteiger partial charge on any atom is 0.311 e. The topological polar surface area (TPSA) is 52.4 Å². The van der Waals surface area contributed by atoms with Crippen LogP contribution in [0.1, 0.15) is 17.5 Å². The molecule has 0 aliphatic rings. The summed E-state index contributed by atoms with van der Waals surface area (Å²) in [7, 11) is 0. The molecule has 0 aliphatic carbocycles. The minimum atomic E-state index is -0.403. The number of nitrogens with zero attached hydrogens (tertiary/aromatic N) is 1. The molecule has 0 fully saturated rings. The fourth-order valence-corrected chi connectivity index (χ4v) is 2.00. The molecule has 0 aliphatic heterocycles. The molecule has 0 aromatic heterocycles. The van der Waals surface area contributed by atoms with Crippen molar-refractivity contribution in [3.05, 3.63) is 69.8 Å². The van der Waals surface area contributed by atoms with Gasteiger partial charge >= 0.3 is 5.69 Å². The molecule has 20 heavy (non-hydrogen) atoms. The summed E-state index contributed by atoms with van der Waals surface area (Å²) in [4.78, 5) is 10.6. The van der Waals surface area contributed by atoms with Crippen molar-refractivity contribution in [2.24, 2.45) is 0 Å². The summed E-state index contributed by atoms with van der Waals surface area (Å²) in [5.41, 5.74) is 2.13. The summed E-state index contributed by atoms with van der Waals surface area (Å²) >= 11 is 0. The van der Waals surface area contributed by atoms with Gasteiger partial charge in [0.2, 0.25) is 0 Å². The van der Waals surface area contributed by atoms with Crippen LogP contribution in [-0.4, -0.2) is 11.5 Å². The van der Waals surface area contributed by atoms with Crippen molar-refractivity contribution in [3.63, 3.8) is 0 Å². The predicted molar refractivity (Wildman–Crippen MR) is 78.1 cm³/mol. The van der Waals surface area contributed by atoms with Crippen LogP contribution in [-0.2, 0) is 6.42 Å². The zero-order valence-corrected chi connectivity index (χ0v) is 11.4. The Kier molecular flexibility index (Phi) is 4.71. The number of aryl methyl sites for hydroxylation is 2. The van der Waals surface area contributed by atoms with Crippen molar-refractivity contribution < 1.29 is 9.66 Å². The lowest BCUT2D eigenvalue weighted by Gasteiger charge is -2.07. The van der Waals surface area contributed by atoms with Gasteiger partial charge in [0.1, 0.15) is 0 Å². The van der Waals surface area contributed by atoms with Gasteiger partial charge in [0.15, 0.2) is 5.75 Å². The van der Waals surface area contributed by atoms with E-state index >= 15 is 0 Å². The number of hydrogen-bond acceptors (Lipinski definition) is 3. The highest BCUT2D eigenvalue weighted by Gasteiger charge is 2.14. The quantitative estimate of drug-likeness (QED) is 0.454. The van der Waals surface area contributed by atoms with Crippen LogP contribution in [0.4, 0.5) is 5.69 Å². The Hall–Kier alpha value is -2.36. The van der Waals surface area contributed by atoms with E-state index in [0.717, 1.165) is 18.4 Å². The molecule has 2 rings (SSSR count). The highest BCUT2D eigenvalue weighted by Crippen LogP contribution is 2.27. The lowest BCUT2D eigenvalue weighted by Crippen LogP contribution is -2.02. The Morgan fingerprint density at radius 1 is 1.15 bits per heavy atom. The summed E-state index contributed by atoms with van der Waals surface area (Å²) in [5.74, 6) is 0.341. The van der Waals surface area contributed by atoms with Gasteiger partial charge in [0.25, 0.3) is 0 Å². The van der Waals surface area contributed by atoms with E-state index in [1.165, 1.54) is 11.6 Å². The normalized spacial score (nSPS) is 10.2. The second kappa shape index (κ2) is 6.70. The van der Waals surface area contributed by atoms with Crippen LogP contribution in [0.2, 0.25) is 0 Å². The van der Waals surface area contributed by atoms with Crippen LogP contribution in [0.15, 0.2) is 48.5 Å². The second-order valence-electron chi connectivity index (χ2n) is 4.67. The third kappa shape index (κ3) is 3.82. The standard InChI is InChI=1S/C16H17NO3/c1-13-9-10-16(15(12-13)17(18)19)20-11-5-8-14-6-3-2-4-7-14/h2-4,6-7,9-10,12H,5,8,11H2,1H3. The summed E-state index contributed by atoms with van der Waals surface area (Å²) in [6, 6.07) is 15.1. The molecule has 104 valence electrons. The molecule has 0 saturated heterocycles. The predicted octanol–water partition coefficient (Wildman–Crippen LogP) is 3.91. The fourth-order valence-electron chi connectivity index (χ4n) is 2.00. The van der Waals surface area contributed by atoms with Crippen LogP contribution in [0.25, 0.3) is 0 Å². The average Bonchev–Trinajstić information content (AvgIpc) is 2.45. The smallest absolute Gasteiger partial charge is 0.311 e. The number of benzene rings is 2. The Morgan fingerprint density at radius 2 is 1.90 bits per heavy atom. The minimum Gasteiger partial charge on any atom is -0.487 e. The Labute approximate surface area is 118 Å². The highest BCUT2D eigenvalue weighted by atomic mass is 16.6. The van der Waals surface area contributed by atoms with E-state index in [-0.39, 0.29) is 5.69 Å². The van der Waals surface area contributed by atoms with Gasteiger partial charge in [-0.25, -0.2) is 0 Å². The summed E-state index contributed by atoms with van der Waals surface area (Å²) in [6.07, 6.45) is 1.73. The summed E-state index contributed by atoms with van der Waals surface area (Å²) in [6.45, 7) is 2.30. The Balaban J connectivity index is 1.90. The number of ether oxygens (including phenoxy) is 1. The van der Waals surface area contributed by atoms with E-state index in [1.54, 1.807) is 6.07 Å². The molecule has 2 aromatic carbocycles. The van der Waals surface area contributed by atoms with Crippen molar-refractivity contribution in [2.75, 3.05) is 6.61 Å². The van der Waals surface area contributed by atoms with Crippen molar-refractivity contribution in [1.29, 1.82) is 0 Å². The zero-order valence-electron chi connectivity index (χ0n) is 11.4. The number of rotatable bonds is 6. The van der Waals surface area contributed by atoms with Crippen molar-refractivity contribution in [3.8, 4) is 5.75 Å². The lowest BCUT2D eigenvalue weighted by molar-refractivity contribution is -0.385. The molecule has 0 unspecified atom stereocenters. The van der Waals surface area contributed by atoms with Gasteiger partial charge in [-0.1, -0.05) is 36.4 Å². The van der Waals surface area contributed by atoms with Crippen molar-refractivity contribution >= 4 is 5.69 Å². The second-order valence-corrected chi connectivity index (χ2v) is 4.67. The first-order valence-corrected chi connectivity index (χ1v) is 6.58. The van der Waals surface area contributed by atoms with Crippen LogP contribution < -0.4 is 4.74 Å². The summed E-state index contributed by atoms with van der Waals surface area (Å²) < 4.78 is 5.53. The third-order valence-electron chi connectivity index (χ3n) is 3.02. The van der Waals surface area contributed by atoms with E-state index in [1.807, 2.05) is 31.2 Å². The van der Waals surface area contributed by atoms with Crippen LogP contribution in [0, 0.1) is 17.0 Å². The number of nitro benzene ring substituents is 1. The molecular formula is C16H17NO3. The fraction of sp³-hybridized carbons (Fsp3) is 0.250. The molecule has 0 bridgehead atoms. The minimum absolute atomic E-state index is 0.0321. The molecule has 4 nitrogen and oxygen atoms in total. The molecule has 0 radical (unpaired) electrons. The maximum atomic E-state index is 11.0. The van der Waals surface area contributed by atoms with Gasteiger partial charge in [0.05, 0.1) is 11.5 Å². The Bertz CT molecular complexity index is 582. The first kappa shape index (κ1) is 14.1. The van der Waals surface area contributed by atoms with Crippen LogP contribution in [0.3, 0.4) is 0 Å². The molecule has 4 heteroatoms. The maximum absolute atomic E-state index is 11.0. The van der Waals surface area contributed by atoms with Crippen LogP contribution >= 0.6 is 0 Å².